The summed E-state index contributed by atoms with van der Waals surface area (Å²) in [5, 5.41) is 10.6. The van der Waals surface area contributed by atoms with Gasteiger partial charge in [-0.15, -0.1) is 0 Å². The van der Waals surface area contributed by atoms with E-state index in [1.54, 1.807) is 0 Å². The number of carbonyl (C=O) groups is 4. The summed E-state index contributed by atoms with van der Waals surface area (Å²) in [6.45, 7) is 14.1. The van der Waals surface area contributed by atoms with E-state index in [0.29, 0.717) is 25.7 Å². The van der Waals surface area contributed by atoms with Crippen LogP contribution in [-0.4, -0.2) is 96.7 Å². The van der Waals surface area contributed by atoms with Crippen LogP contribution in [0.1, 0.15) is 351 Å². The summed E-state index contributed by atoms with van der Waals surface area (Å²) < 4.78 is 68.3. The van der Waals surface area contributed by atoms with E-state index in [1.165, 1.54) is 148 Å². The topological polar surface area (TPSA) is 237 Å². The molecular weight excluding hydrogens is 1190 g/mol. The van der Waals surface area contributed by atoms with Crippen molar-refractivity contribution >= 4 is 39.5 Å². The molecule has 0 amide bonds. The van der Waals surface area contributed by atoms with Crippen molar-refractivity contribution in [3.8, 4) is 0 Å². The highest BCUT2D eigenvalue weighted by atomic mass is 31.2. The van der Waals surface area contributed by atoms with Crippen LogP contribution in [0.15, 0.2) is 0 Å². The third-order valence-electron chi connectivity index (χ3n) is 17.0. The predicted molar refractivity (Wildman–Crippen MR) is 363 cm³/mol. The molecule has 4 unspecified atom stereocenters. The molecule has 0 bridgehead atoms. The lowest BCUT2D eigenvalue weighted by Gasteiger charge is -2.21. The lowest BCUT2D eigenvalue weighted by atomic mass is 9.99. The van der Waals surface area contributed by atoms with Gasteiger partial charge in [-0.25, -0.2) is 9.13 Å². The first-order valence-electron chi connectivity index (χ1n) is 36.8. The van der Waals surface area contributed by atoms with Crippen molar-refractivity contribution in [1.82, 2.24) is 0 Å². The Morgan fingerprint density at radius 2 is 0.533 bits per heavy atom. The number of aliphatic hydroxyl groups is 1. The number of carbonyl (C=O) groups excluding carboxylic acids is 4. The van der Waals surface area contributed by atoms with Crippen molar-refractivity contribution in [3.05, 3.63) is 0 Å². The first kappa shape index (κ1) is 88.1. The van der Waals surface area contributed by atoms with Gasteiger partial charge < -0.3 is 33.8 Å². The molecule has 0 aromatic rings. The number of hydrogen-bond donors (Lipinski definition) is 3. The fourth-order valence-electron chi connectivity index (χ4n) is 10.6. The molecule has 0 saturated heterocycles. The zero-order valence-electron chi connectivity index (χ0n) is 58.8. The Labute approximate surface area is 549 Å². The maximum atomic E-state index is 13.0. The monoisotopic (exact) mass is 1320 g/mol. The minimum atomic E-state index is -4.95. The molecule has 0 spiro atoms. The number of unbranched alkanes of at least 4 members (excludes halogenated alkanes) is 32. The Morgan fingerprint density at radius 3 is 0.789 bits per heavy atom. The van der Waals surface area contributed by atoms with Gasteiger partial charge in [0.1, 0.15) is 19.3 Å². The predicted octanol–water partition coefficient (Wildman–Crippen LogP) is 20.1. The normalized spacial score (nSPS) is 14.9. The summed E-state index contributed by atoms with van der Waals surface area (Å²) in [5.41, 5.74) is 0. The first-order chi connectivity index (χ1) is 43.2. The number of aliphatic hydroxyl groups excluding tert-OH is 1. The summed E-state index contributed by atoms with van der Waals surface area (Å²) in [7, 11) is -9.91. The highest BCUT2D eigenvalue weighted by Gasteiger charge is 2.30. The van der Waals surface area contributed by atoms with Crippen molar-refractivity contribution < 1.29 is 80.2 Å². The Bertz CT molecular complexity index is 1790. The van der Waals surface area contributed by atoms with E-state index < -0.39 is 97.5 Å². The average Bonchev–Trinajstić information content (AvgIpc) is 3.68. The van der Waals surface area contributed by atoms with E-state index in [4.69, 9.17) is 37.0 Å². The van der Waals surface area contributed by atoms with Crippen molar-refractivity contribution in [2.75, 3.05) is 39.6 Å². The maximum absolute atomic E-state index is 13.0. The van der Waals surface area contributed by atoms with Crippen LogP contribution < -0.4 is 0 Å². The third kappa shape index (κ3) is 62.2. The van der Waals surface area contributed by atoms with Gasteiger partial charge in [-0.3, -0.25) is 37.3 Å². The largest absolute Gasteiger partial charge is 0.472 e. The SMILES string of the molecule is CCC(C)CCCCCCCCCCC(=O)O[C@H](COC(=O)CCCCCCCCCCCCC(C)C)COP(=O)(O)OC[C@@H](O)COP(=O)(O)OC[C@@H](COC(=O)CCCCCCCCC(C)CC)OC(=O)CCCCCCCCCCCCCCC(C)C. The number of phosphoric ester groups is 2. The summed E-state index contributed by atoms with van der Waals surface area (Å²) in [6.07, 6.45) is 43.0. The molecule has 0 aromatic carbocycles. The second-order valence-electron chi connectivity index (χ2n) is 27.1. The zero-order chi connectivity index (χ0) is 66.8. The second kappa shape index (κ2) is 60.7. The number of rotatable bonds is 68. The lowest BCUT2D eigenvalue weighted by molar-refractivity contribution is -0.161. The van der Waals surface area contributed by atoms with Gasteiger partial charge in [-0.2, -0.15) is 0 Å². The van der Waals surface area contributed by atoms with E-state index >= 15 is 0 Å². The van der Waals surface area contributed by atoms with Gasteiger partial charge in [-0.1, -0.05) is 299 Å². The van der Waals surface area contributed by atoms with Crippen LogP contribution in [-0.2, 0) is 65.4 Å². The van der Waals surface area contributed by atoms with Crippen LogP contribution in [0.5, 0.6) is 0 Å². The third-order valence-corrected chi connectivity index (χ3v) is 18.9. The highest BCUT2D eigenvalue weighted by Crippen LogP contribution is 2.45. The van der Waals surface area contributed by atoms with Crippen LogP contribution in [0.25, 0.3) is 0 Å². The molecule has 7 atom stereocenters. The number of ether oxygens (including phenoxy) is 4. The fourth-order valence-corrected chi connectivity index (χ4v) is 12.2. The Hall–Kier alpha value is -1.94. The molecule has 0 saturated carbocycles. The smallest absolute Gasteiger partial charge is 0.462 e. The minimum Gasteiger partial charge on any atom is -0.462 e. The molecule has 17 nitrogen and oxygen atoms in total. The molecule has 0 heterocycles. The van der Waals surface area contributed by atoms with Crippen molar-refractivity contribution in [1.29, 1.82) is 0 Å². The van der Waals surface area contributed by atoms with Crippen molar-refractivity contribution in [2.45, 2.75) is 369 Å². The van der Waals surface area contributed by atoms with Gasteiger partial charge in [0, 0.05) is 25.7 Å². The molecule has 3 N–H and O–H groups in total. The minimum absolute atomic E-state index is 0.104. The van der Waals surface area contributed by atoms with Crippen LogP contribution >= 0.6 is 15.6 Å². The van der Waals surface area contributed by atoms with E-state index in [-0.39, 0.29) is 25.7 Å². The van der Waals surface area contributed by atoms with Gasteiger partial charge in [0.2, 0.25) is 0 Å². The van der Waals surface area contributed by atoms with Crippen LogP contribution in [0.2, 0.25) is 0 Å². The molecule has 0 rings (SSSR count). The molecule has 0 aliphatic carbocycles. The number of esters is 4. The Kier molecular flexibility index (Phi) is 59.4. The van der Waals surface area contributed by atoms with E-state index in [2.05, 4.69) is 55.4 Å². The summed E-state index contributed by atoms with van der Waals surface area (Å²) in [5.74, 6) is 0.906. The maximum Gasteiger partial charge on any atom is 0.472 e. The highest BCUT2D eigenvalue weighted by molar-refractivity contribution is 7.47. The van der Waals surface area contributed by atoms with E-state index in [1.807, 2.05) is 0 Å². The summed E-state index contributed by atoms with van der Waals surface area (Å²) >= 11 is 0. The van der Waals surface area contributed by atoms with Crippen LogP contribution in [0, 0.1) is 23.7 Å². The van der Waals surface area contributed by atoms with Crippen molar-refractivity contribution in [2.24, 2.45) is 23.7 Å². The summed E-state index contributed by atoms with van der Waals surface area (Å²) in [4.78, 5) is 72.6. The van der Waals surface area contributed by atoms with Gasteiger partial charge in [0.25, 0.3) is 0 Å². The van der Waals surface area contributed by atoms with Crippen LogP contribution in [0.3, 0.4) is 0 Å². The average molecular weight is 1330 g/mol. The van der Waals surface area contributed by atoms with E-state index in [0.717, 1.165) is 120 Å². The van der Waals surface area contributed by atoms with E-state index in [9.17, 15) is 43.2 Å². The number of phosphoric acid groups is 2. The Balaban J connectivity index is 5.26. The molecule has 0 radical (unpaired) electrons. The standard InChI is InChI=1S/C71H138O17P2/c1-9-63(7)49-41-33-25-21-22-28-38-46-54-71(76)88-66(57-81-68(73)51-43-35-26-19-16-15-18-24-32-40-48-62(5)6)59-85-89(77,78)83-55-65(72)56-84-90(79,80)86-60-67(58-82-69(74)52-44-36-30-29-34-42-50-64(8)10-2)87-70(75)53-45-37-27-20-14-12-11-13-17-23-31-39-47-61(3)4/h61-67,72H,9-60H2,1-8H3,(H,77,78)(H,79,80)/t63?,64?,65-,66-,67-/m1/s1. The molecule has 0 aliphatic rings. The lowest BCUT2D eigenvalue weighted by Crippen LogP contribution is -2.30. The fraction of sp³-hybridized carbons (Fsp3) is 0.944. The molecule has 0 aliphatic heterocycles. The van der Waals surface area contributed by atoms with Gasteiger partial charge in [-0.05, 0) is 49.4 Å². The molecule has 534 valence electrons. The molecule has 0 aromatic heterocycles. The molecule has 0 fully saturated rings. The molecule has 90 heavy (non-hydrogen) atoms. The number of hydrogen-bond acceptors (Lipinski definition) is 15. The Morgan fingerprint density at radius 1 is 0.311 bits per heavy atom. The second-order valence-corrected chi connectivity index (χ2v) is 30.0. The zero-order valence-corrected chi connectivity index (χ0v) is 60.6. The van der Waals surface area contributed by atoms with Crippen molar-refractivity contribution in [3.63, 3.8) is 0 Å². The molecule has 19 heteroatoms. The molecular formula is C71H138O17P2. The van der Waals surface area contributed by atoms with Gasteiger partial charge in [0.15, 0.2) is 12.2 Å². The first-order valence-corrected chi connectivity index (χ1v) is 39.8. The summed E-state index contributed by atoms with van der Waals surface area (Å²) in [6, 6.07) is 0. The van der Waals surface area contributed by atoms with Crippen LogP contribution in [0.4, 0.5) is 0 Å². The van der Waals surface area contributed by atoms with Gasteiger partial charge in [0.05, 0.1) is 26.4 Å². The van der Waals surface area contributed by atoms with Gasteiger partial charge >= 0.3 is 39.5 Å². The quantitative estimate of drug-likeness (QED) is 0.0222.